The predicted octanol–water partition coefficient (Wildman–Crippen LogP) is -0.400. The van der Waals surface area contributed by atoms with Gasteiger partial charge in [0.05, 0.1) is 12.7 Å². The molecule has 6 heteroatoms. The number of rotatable bonds is 3. The van der Waals surface area contributed by atoms with Crippen LogP contribution in [0.3, 0.4) is 0 Å². The number of para-hydroxylation sites is 2. The summed E-state index contributed by atoms with van der Waals surface area (Å²) in [6.07, 6.45) is -3.84. The van der Waals surface area contributed by atoms with E-state index in [2.05, 4.69) is 0 Å². The van der Waals surface area contributed by atoms with Crippen molar-refractivity contribution >= 4 is 0 Å². The van der Waals surface area contributed by atoms with Crippen LogP contribution in [0.1, 0.15) is 6.42 Å². The zero-order valence-electron chi connectivity index (χ0n) is 9.64. The van der Waals surface area contributed by atoms with Gasteiger partial charge in [-0.15, -0.1) is 0 Å². The summed E-state index contributed by atoms with van der Waals surface area (Å²) in [6.45, 7) is -0.418. The molecule has 0 spiro atoms. The number of ether oxygens (including phenoxy) is 2. The van der Waals surface area contributed by atoms with Crippen LogP contribution in [0.2, 0.25) is 0 Å². The molecule has 0 aliphatic carbocycles. The summed E-state index contributed by atoms with van der Waals surface area (Å²) in [5.74, 6) is 0.185. The number of hydrogen-bond acceptors (Lipinski definition) is 6. The van der Waals surface area contributed by atoms with Crippen LogP contribution in [0.15, 0.2) is 24.3 Å². The molecule has 0 unspecified atom stereocenters. The van der Waals surface area contributed by atoms with E-state index in [1.807, 2.05) is 0 Å². The first-order valence-corrected chi connectivity index (χ1v) is 5.69. The Labute approximate surface area is 104 Å². The fourth-order valence-corrected chi connectivity index (χ4v) is 1.84. The van der Waals surface area contributed by atoms with E-state index in [9.17, 15) is 15.3 Å². The number of hydrogen-bond donors (Lipinski definition) is 4. The van der Waals surface area contributed by atoms with Crippen molar-refractivity contribution in [2.45, 2.75) is 31.0 Å². The molecular formula is C12H16O6. The van der Waals surface area contributed by atoms with Gasteiger partial charge in [0.25, 0.3) is 0 Å². The molecule has 1 aliphatic heterocycles. The molecule has 1 fully saturated rings. The normalized spacial score (nSPS) is 32.2. The van der Waals surface area contributed by atoms with Gasteiger partial charge in [0.2, 0.25) is 6.29 Å². The number of aromatic hydroxyl groups is 1. The van der Waals surface area contributed by atoms with E-state index in [1.165, 1.54) is 6.07 Å². The largest absolute Gasteiger partial charge is 0.504 e. The summed E-state index contributed by atoms with van der Waals surface area (Å²) in [5.41, 5.74) is 0. The molecule has 1 aromatic rings. The first-order chi connectivity index (χ1) is 8.61. The minimum Gasteiger partial charge on any atom is -0.504 e. The molecule has 0 aromatic heterocycles. The third-order valence-corrected chi connectivity index (χ3v) is 2.84. The highest BCUT2D eigenvalue weighted by atomic mass is 16.7. The monoisotopic (exact) mass is 256 g/mol. The zero-order valence-corrected chi connectivity index (χ0v) is 9.64. The van der Waals surface area contributed by atoms with Crippen molar-refractivity contribution in [3.63, 3.8) is 0 Å². The van der Waals surface area contributed by atoms with Crippen LogP contribution in [0, 0.1) is 0 Å². The van der Waals surface area contributed by atoms with Crippen molar-refractivity contribution in [2.75, 3.05) is 6.61 Å². The fraction of sp³-hybridized carbons (Fsp3) is 0.500. The Morgan fingerprint density at radius 3 is 2.67 bits per heavy atom. The Bertz CT molecular complexity index is 396. The highest BCUT2D eigenvalue weighted by Crippen LogP contribution is 2.29. The molecule has 100 valence electrons. The third-order valence-electron chi connectivity index (χ3n) is 2.84. The van der Waals surface area contributed by atoms with Crippen LogP contribution in [-0.4, -0.2) is 51.6 Å². The van der Waals surface area contributed by atoms with Gasteiger partial charge in [0, 0.05) is 6.42 Å². The van der Waals surface area contributed by atoms with Crippen LogP contribution in [-0.2, 0) is 4.74 Å². The smallest absolute Gasteiger partial charge is 0.203 e. The van der Waals surface area contributed by atoms with Crippen LogP contribution < -0.4 is 4.74 Å². The number of phenols is 1. The van der Waals surface area contributed by atoms with Gasteiger partial charge in [-0.05, 0) is 12.1 Å². The molecular weight excluding hydrogens is 240 g/mol. The van der Waals surface area contributed by atoms with Gasteiger partial charge >= 0.3 is 0 Å². The van der Waals surface area contributed by atoms with E-state index in [1.54, 1.807) is 18.2 Å². The Hall–Kier alpha value is -1.34. The van der Waals surface area contributed by atoms with Gasteiger partial charge in [0.15, 0.2) is 11.5 Å². The van der Waals surface area contributed by atoms with Crippen LogP contribution >= 0.6 is 0 Å². The molecule has 1 aliphatic rings. The lowest BCUT2D eigenvalue weighted by Gasteiger charge is -2.36. The highest BCUT2D eigenvalue weighted by Gasteiger charge is 2.37. The molecule has 1 heterocycles. The first-order valence-electron chi connectivity index (χ1n) is 5.69. The summed E-state index contributed by atoms with van der Waals surface area (Å²) >= 11 is 0. The van der Waals surface area contributed by atoms with E-state index in [0.29, 0.717) is 0 Å². The third kappa shape index (κ3) is 2.73. The summed E-state index contributed by atoms with van der Waals surface area (Å²) in [4.78, 5) is 0. The van der Waals surface area contributed by atoms with Crippen LogP contribution in [0.4, 0.5) is 0 Å². The average Bonchev–Trinajstić information content (AvgIpc) is 2.36. The maximum atomic E-state index is 9.61. The Balaban J connectivity index is 2.04. The molecule has 1 saturated heterocycles. The minimum absolute atomic E-state index is 0.0396. The SMILES string of the molecule is OC[C@H]1O[C@H](Oc2ccccc2O)C[C@@H](O)[C@H]1O. The summed E-state index contributed by atoms with van der Waals surface area (Å²) < 4.78 is 10.7. The quantitative estimate of drug-likeness (QED) is 0.587. The Morgan fingerprint density at radius 1 is 1.28 bits per heavy atom. The molecule has 4 atom stereocenters. The molecule has 4 N–H and O–H groups in total. The summed E-state index contributed by atoms with van der Waals surface area (Å²) in [6, 6.07) is 6.36. The topological polar surface area (TPSA) is 99.4 Å². The van der Waals surface area contributed by atoms with Crippen LogP contribution in [0.5, 0.6) is 11.5 Å². The highest BCUT2D eigenvalue weighted by molar-refractivity contribution is 5.38. The van der Waals surface area contributed by atoms with Gasteiger partial charge in [-0.25, -0.2) is 0 Å². The van der Waals surface area contributed by atoms with Crippen molar-refractivity contribution in [1.29, 1.82) is 0 Å². The fourth-order valence-electron chi connectivity index (χ4n) is 1.84. The van der Waals surface area contributed by atoms with Crippen molar-refractivity contribution in [3.05, 3.63) is 24.3 Å². The molecule has 1 aromatic carbocycles. The van der Waals surface area contributed by atoms with Crippen molar-refractivity contribution in [2.24, 2.45) is 0 Å². The second kappa shape index (κ2) is 5.53. The number of phenolic OH excluding ortho intramolecular Hbond substituents is 1. The Morgan fingerprint density at radius 2 is 2.00 bits per heavy atom. The summed E-state index contributed by atoms with van der Waals surface area (Å²) in [7, 11) is 0. The molecule has 0 radical (unpaired) electrons. The standard InChI is InChI=1S/C12H16O6/c13-6-10-12(16)8(15)5-11(18-10)17-9-4-2-1-3-7(9)14/h1-4,8,10-16H,5-6H2/t8-,10-,11+,12-/m1/s1. The van der Waals surface area contributed by atoms with E-state index in [-0.39, 0.29) is 17.9 Å². The molecule has 18 heavy (non-hydrogen) atoms. The Kier molecular flexibility index (Phi) is 4.03. The van der Waals surface area contributed by atoms with E-state index < -0.39 is 31.2 Å². The lowest BCUT2D eigenvalue weighted by Crippen LogP contribution is -2.51. The molecule has 0 amide bonds. The maximum Gasteiger partial charge on any atom is 0.203 e. The second-order valence-corrected chi connectivity index (χ2v) is 4.17. The van der Waals surface area contributed by atoms with Gasteiger partial charge in [-0.1, -0.05) is 12.1 Å². The van der Waals surface area contributed by atoms with E-state index in [0.717, 1.165) is 0 Å². The molecule has 2 rings (SSSR count). The molecule has 0 bridgehead atoms. The van der Waals surface area contributed by atoms with Crippen molar-refractivity contribution in [1.82, 2.24) is 0 Å². The lowest BCUT2D eigenvalue weighted by atomic mass is 10.0. The van der Waals surface area contributed by atoms with Gasteiger partial charge in [0.1, 0.15) is 12.2 Å². The number of benzene rings is 1. The number of aliphatic hydroxyl groups excluding tert-OH is 3. The average molecular weight is 256 g/mol. The number of aliphatic hydroxyl groups is 3. The van der Waals surface area contributed by atoms with E-state index >= 15 is 0 Å². The van der Waals surface area contributed by atoms with Gasteiger partial charge in [-0.2, -0.15) is 0 Å². The minimum atomic E-state index is -1.14. The van der Waals surface area contributed by atoms with Gasteiger partial charge < -0.3 is 29.9 Å². The van der Waals surface area contributed by atoms with Gasteiger partial charge in [-0.3, -0.25) is 0 Å². The zero-order chi connectivity index (χ0) is 13.1. The first kappa shape index (κ1) is 13.1. The van der Waals surface area contributed by atoms with Crippen LogP contribution in [0.25, 0.3) is 0 Å². The second-order valence-electron chi connectivity index (χ2n) is 4.17. The van der Waals surface area contributed by atoms with Crippen molar-refractivity contribution < 1.29 is 29.9 Å². The predicted molar refractivity (Wildman–Crippen MR) is 61.1 cm³/mol. The summed E-state index contributed by atoms with van der Waals surface area (Å²) in [5, 5.41) is 37.7. The maximum absolute atomic E-state index is 9.61. The lowest BCUT2D eigenvalue weighted by molar-refractivity contribution is -0.230. The molecule has 0 saturated carbocycles. The van der Waals surface area contributed by atoms with Crippen molar-refractivity contribution in [3.8, 4) is 11.5 Å². The van der Waals surface area contributed by atoms with E-state index in [4.69, 9.17) is 14.6 Å². The molecule has 6 nitrogen and oxygen atoms in total.